The van der Waals surface area contributed by atoms with E-state index >= 15 is 0 Å². The number of nitrogens with zero attached hydrogens (tertiary/aromatic N) is 1. The van der Waals surface area contributed by atoms with E-state index in [1.807, 2.05) is 0 Å². The Balaban J connectivity index is 1.95. The van der Waals surface area contributed by atoms with Crippen molar-refractivity contribution in [3.63, 3.8) is 0 Å². The lowest BCUT2D eigenvalue weighted by Gasteiger charge is -2.26. The summed E-state index contributed by atoms with van der Waals surface area (Å²) in [4.78, 5) is 24.3. The summed E-state index contributed by atoms with van der Waals surface area (Å²) in [5, 5.41) is 2.89. The molecule has 0 bridgehead atoms. The molecule has 7 nitrogen and oxygen atoms in total. The number of carbonyl (C=O) groups is 2. The zero-order valence-corrected chi connectivity index (χ0v) is 17.6. The van der Waals surface area contributed by atoms with Crippen molar-refractivity contribution in [3.05, 3.63) is 29.8 Å². The summed E-state index contributed by atoms with van der Waals surface area (Å²) >= 11 is 0. The second-order valence-electron chi connectivity index (χ2n) is 7.22. The third-order valence-corrected chi connectivity index (χ3v) is 7.17. The number of esters is 1. The lowest BCUT2D eigenvalue weighted by Crippen LogP contribution is -2.39. The number of hydrogen-bond acceptors (Lipinski definition) is 5. The summed E-state index contributed by atoms with van der Waals surface area (Å²) < 4.78 is 31.6. The Kier molecular flexibility index (Phi) is 8.00. The van der Waals surface area contributed by atoms with Crippen molar-refractivity contribution in [2.24, 2.45) is 5.92 Å². The SMILES string of the molecule is CCN(CC)S(=O)(=O)c1cccc(C(=O)OCC(=O)NC2CCC(C)CC2)c1. The third-order valence-electron chi connectivity index (χ3n) is 5.13. The minimum absolute atomic E-state index is 0.0337. The molecule has 1 fully saturated rings. The molecule has 1 N–H and O–H groups in total. The van der Waals surface area contributed by atoms with Gasteiger partial charge in [-0.3, -0.25) is 4.79 Å². The summed E-state index contributed by atoms with van der Waals surface area (Å²) in [6, 6.07) is 5.84. The van der Waals surface area contributed by atoms with Crippen LogP contribution in [0.1, 0.15) is 56.8 Å². The van der Waals surface area contributed by atoms with Gasteiger partial charge < -0.3 is 10.1 Å². The Hall–Kier alpha value is -1.93. The van der Waals surface area contributed by atoms with Crippen LogP contribution in [0.4, 0.5) is 0 Å². The van der Waals surface area contributed by atoms with Crippen molar-refractivity contribution in [2.75, 3.05) is 19.7 Å². The van der Waals surface area contributed by atoms with Crippen LogP contribution in [0.15, 0.2) is 29.2 Å². The number of ether oxygens (including phenoxy) is 1. The molecule has 0 aliphatic heterocycles. The minimum Gasteiger partial charge on any atom is -0.452 e. The molecule has 0 unspecified atom stereocenters. The topological polar surface area (TPSA) is 92.8 Å². The van der Waals surface area contributed by atoms with E-state index in [1.54, 1.807) is 13.8 Å². The number of carbonyl (C=O) groups excluding carboxylic acids is 2. The summed E-state index contributed by atoms with van der Waals surface area (Å²) in [7, 11) is -3.67. The van der Waals surface area contributed by atoms with Crippen molar-refractivity contribution in [3.8, 4) is 0 Å². The van der Waals surface area contributed by atoms with E-state index in [0.717, 1.165) is 25.7 Å². The summed E-state index contributed by atoms with van der Waals surface area (Å²) in [5.74, 6) is -0.366. The molecule has 8 heteroatoms. The molecule has 0 heterocycles. The third kappa shape index (κ3) is 5.78. The zero-order valence-electron chi connectivity index (χ0n) is 16.8. The van der Waals surface area contributed by atoms with Crippen LogP contribution in [-0.4, -0.2) is 50.3 Å². The highest BCUT2D eigenvalue weighted by Gasteiger charge is 2.23. The van der Waals surface area contributed by atoms with E-state index in [2.05, 4.69) is 12.2 Å². The van der Waals surface area contributed by atoms with Crippen LogP contribution in [0, 0.1) is 5.92 Å². The van der Waals surface area contributed by atoms with E-state index in [-0.39, 0.29) is 29.0 Å². The van der Waals surface area contributed by atoms with Gasteiger partial charge in [0.05, 0.1) is 10.5 Å². The van der Waals surface area contributed by atoms with Crippen molar-refractivity contribution in [1.82, 2.24) is 9.62 Å². The Morgan fingerprint density at radius 2 is 1.79 bits per heavy atom. The van der Waals surface area contributed by atoms with Gasteiger partial charge >= 0.3 is 5.97 Å². The molecule has 2 rings (SSSR count). The van der Waals surface area contributed by atoms with E-state index in [4.69, 9.17) is 4.74 Å². The normalized spacial score (nSPS) is 20.0. The number of nitrogens with one attached hydrogen (secondary N) is 1. The quantitative estimate of drug-likeness (QED) is 0.665. The zero-order chi connectivity index (χ0) is 20.7. The molecule has 0 saturated heterocycles. The molecule has 1 aliphatic rings. The summed E-state index contributed by atoms with van der Waals surface area (Å²) in [5.41, 5.74) is 0.104. The highest BCUT2D eigenvalue weighted by atomic mass is 32.2. The monoisotopic (exact) mass is 410 g/mol. The highest BCUT2D eigenvalue weighted by Crippen LogP contribution is 2.23. The van der Waals surface area contributed by atoms with Gasteiger partial charge in [-0.15, -0.1) is 0 Å². The fourth-order valence-corrected chi connectivity index (χ4v) is 4.89. The van der Waals surface area contributed by atoms with Crippen LogP contribution in [-0.2, 0) is 19.6 Å². The maximum atomic E-state index is 12.6. The number of hydrogen-bond donors (Lipinski definition) is 1. The molecular weight excluding hydrogens is 380 g/mol. The van der Waals surface area contributed by atoms with Crippen LogP contribution in [0.5, 0.6) is 0 Å². The van der Waals surface area contributed by atoms with Gasteiger partial charge in [-0.2, -0.15) is 4.31 Å². The molecule has 156 valence electrons. The Morgan fingerprint density at radius 3 is 2.39 bits per heavy atom. The molecular formula is C20H30N2O5S. The Morgan fingerprint density at radius 1 is 1.14 bits per heavy atom. The fourth-order valence-electron chi connectivity index (χ4n) is 3.38. The Labute approximate surface area is 167 Å². The van der Waals surface area contributed by atoms with Gasteiger partial charge in [0.15, 0.2) is 6.61 Å². The second-order valence-corrected chi connectivity index (χ2v) is 9.16. The van der Waals surface area contributed by atoms with E-state index in [1.165, 1.54) is 28.6 Å². The first-order valence-corrected chi connectivity index (χ1v) is 11.3. The maximum absolute atomic E-state index is 12.6. The second kappa shape index (κ2) is 10.0. The largest absolute Gasteiger partial charge is 0.452 e. The molecule has 1 amide bonds. The fraction of sp³-hybridized carbons (Fsp3) is 0.600. The van der Waals surface area contributed by atoms with Crippen LogP contribution in [0.3, 0.4) is 0 Å². The van der Waals surface area contributed by atoms with E-state index in [0.29, 0.717) is 19.0 Å². The molecule has 1 aromatic rings. The highest BCUT2D eigenvalue weighted by molar-refractivity contribution is 7.89. The molecule has 0 aromatic heterocycles. The average molecular weight is 411 g/mol. The van der Waals surface area contributed by atoms with Crippen LogP contribution < -0.4 is 5.32 Å². The Bertz CT molecular complexity index is 782. The maximum Gasteiger partial charge on any atom is 0.338 e. The average Bonchev–Trinajstić information content (AvgIpc) is 2.68. The summed E-state index contributed by atoms with van der Waals surface area (Å²) in [6.07, 6.45) is 4.04. The van der Waals surface area contributed by atoms with E-state index < -0.39 is 16.0 Å². The minimum atomic E-state index is -3.67. The van der Waals surface area contributed by atoms with E-state index in [9.17, 15) is 18.0 Å². The van der Waals surface area contributed by atoms with Gasteiger partial charge in [-0.05, 0) is 49.8 Å². The number of benzene rings is 1. The summed E-state index contributed by atoms with van der Waals surface area (Å²) in [6.45, 7) is 6.02. The lowest BCUT2D eigenvalue weighted by molar-refractivity contribution is -0.125. The predicted octanol–water partition coefficient (Wildman–Crippen LogP) is 2.57. The van der Waals surface area contributed by atoms with Gasteiger partial charge in [0.2, 0.25) is 10.0 Å². The molecule has 0 spiro atoms. The smallest absolute Gasteiger partial charge is 0.338 e. The molecule has 1 aromatic carbocycles. The number of sulfonamides is 1. The molecule has 1 saturated carbocycles. The lowest BCUT2D eigenvalue weighted by atomic mass is 9.87. The molecule has 28 heavy (non-hydrogen) atoms. The van der Waals surface area contributed by atoms with Gasteiger partial charge in [-0.25, -0.2) is 13.2 Å². The van der Waals surface area contributed by atoms with Crippen molar-refractivity contribution in [1.29, 1.82) is 0 Å². The molecule has 1 aliphatic carbocycles. The molecule has 0 atom stereocenters. The van der Waals surface area contributed by atoms with Gasteiger partial charge in [0.25, 0.3) is 5.91 Å². The van der Waals surface area contributed by atoms with Gasteiger partial charge in [-0.1, -0.05) is 26.8 Å². The standard InChI is InChI=1S/C20H30N2O5S/c1-4-22(5-2)28(25,26)18-8-6-7-16(13-18)20(24)27-14-19(23)21-17-11-9-15(3)10-12-17/h6-8,13,15,17H,4-5,9-12,14H2,1-3H3,(H,21,23). The number of amides is 1. The number of rotatable bonds is 8. The molecule has 0 radical (unpaired) electrons. The van der Waals surface area contributed by atoms with Crippen molar-refractivity contribution < 1.29 is 22.7 Å². The first-order chi connectivity index (χ1) is 13.3. The van der Waals surface area contributed by atoms with Crippen LogP contribution >= 0.6 is 0 Å². The van der Waals surface area contributed by atoms with Crippen LogP contribution in [0.2, 0.25) is 0 Å². The predicted molar refractivity (Wildman–Crippen MR) is 106 cm³/mol. The van der Waals surface area contributed by atoms with Crippen molar-refractivity contribution in [2.45, 2.75) is 57.4 Å². The van der Waals surface area contributed by atoms with Crippen LogP contribution in [0.25, 0.3) is 0 Å². The van der Waals surface area contributed by atoms with Gasteiger partial charge in [0, 0.05) is 19.1 Å². The van der Waals surface area contributed by atoms with Gasteiger partial charge in [0.1, 0.15) is 0 Å². The first kappa shape index (κ1) is 22.4. The van der Waals surface area contributed by atoms with Crippen molar-refractivity contribution >= 4 is 21.9 Å². The first-order valence-electron chi connectivity index (χ1n) is 9.84.